The lowest BCUT2D eigenvalue weighted by Crippen LogP contribution is -1.70. The number of aromatic nitrogens is 1. The van der Waals surface area contributed by atoms with Gasteiger partial charge >= 0.3 is 0 Å². The maximum atomic E-state index is 9.68. The summed E-state index contributed by atoms with van der Waals surface area (Å²) in [5, 5.41) is 0.996. The normalized spacial score (nSPS) is 8.90. The van der Waals surface area contributed by atoms with Crippen LogP contribution in [0.4, 0.5) is 0 Å². The summed E-state index contributed by atoms with van der Waals surface area (Å²) < 4.78 is 0. The molecule has 1 rings (SSSR count). The van der Waals surface area contributed by atoms with Crippen molar-refractivity contribution in [2.45, 2.75) is 13.5 Å². The first-order valence-electron chi connectivity index (χ1n) is 2.78. The number of isocyanates is 1. The summed E-state index contributed by atoms with van der Waals surface area (Å²) in [6, 6.07) is 0. The van der Waals surface area contributed by atoms with Gasteiger partial charge in [-0.3, -0.25) is 0 Å². The van der Waals surface area contributed by atoms with E-state index in [1.807, 2.05) is 6.92 Å². The predicted molar refractivity (Wildman–Crippen MR) is 38.7 cm³/mol. The van der Waals surface area contributed by atoms with Gasteiger partial charge in [-0.05, 0) is 6.92 Å². The van der Waals surface area contributed by atoms with Crippen LogP contribution in [-0.4, -0.2) is 11.1 Å². The smallest absolute Gasteiger partial charge is 0.235 e. The third-order valence-electron chi connectivity index (χ3n) is 0.969. The standard InChI is InChI=1S/C6H6N2OS/c1-5-8-3-6(10-5)2-7-4-9/h3H,2H2,1H3. The Hall–Kier alpha value is -0.990. The third kappa shape index (κ3) is 1.76. The molecule has 10 heavy (non-hydrogen) atoms. The SMILES string of the molecule is Cc1ncc(CN=C=O)s1. The van der Waals surface area contributed by atoms with Crippen LogP contribution >= 0.6 is 11.3 Å². The molecule has 0 saturated heterocycles. The average molecular weight is 154 g/mol. The van der Waals surface area contributed by atoms with Gasteiger partial charge in [0.15, 0.2) is 0 Å². The first-order valence-corrected chi connectivity index (χ1v) is 3.59. The molecule has 0 spiro atoms. The van der Waals surface area contributed by atoms with Crippen molar-refractivity contribution in [2.24, 2.45) is 4.99 Å². The lowest BCUT2D eigenvalue weighted by Gasteiger charge is -1.79. The summed E-state index contributed by atoms with van der Waals surface area (Å²) in [6.45, 7) is 2.33. The Balaban J connectivity index is 2.66. The number of thiazole rings is 1. The quantitative estimate of drug-likeness (QED) is 0.475. The molecule has 3 nitrogen and oxygen atoms in total. The number of aryl methyl sites for hydroxylation is 1. The van der Waals surface area contributed by atoms with Gasteiger partial charge in [0.25, 0.3) is 0 Å². The van der Waals surface area contributed by atoms with E-state index in [2.05, 4.69) is 9.98 Å². The van der Waals surface area contributed by atoms with E-state index in [9.17, 15) is 4.79 Å². The van der Waals surface area contributed by atoms with Gasteiger partial charge in [-0.15, -0.1) is 11.3 Å². The first-order chi connectivity index (χ1) is 4.83. The van der Waals surface area contributed by atoms with E-state index in [-0.39, 0.29) is 0 Å². The summed E-state index contributed by atoms with van der Waals surface area (Å²) in [5.74, 6) is 0. The van der Waals surface area contributed by atoms with Gasteiger partial charge in [-0.25, -0.2) is 14.8 Å². The Morgan fingerprint density at radius 3 is 3.20 bits per heavy atom. The molecule has 0 aromatic carbocycles. The summed E-state index contributed by atoms with van der Waals surface area (Å²) in [5.41, 5.74) is 0. The van der Waals surface area contributed by atoms with E-state index < -0.39 is 0 Å². The number of rotatable bonds is 2. The van der Waals surface area contributed by atoms with Gasteiger partial charge in [0.1, 0.15) is 0 Å². The zero-order chi connectivity index (χ0) is 7.40. The van der Waals surface area contributed by atoms with Crippen LogP contribution in [0, 0.1) is 6.92 Å². The highest BCUT2D eigenvalue weighted by Crippen LogP contribution is 2.11. The Kier molecular flexibility index (Phi) is 2.31. The van der Waals surface area contributed by atoms with E-state index in [0.29, 0.717) is 6.54 Å². The molecule has 1 aromatic heterocycles. The van der Waals surface area contributed by atoms with Crippen molar-refractivity contribution in [3.63, 3.8) is 0 Å². The summed E-state index contributed by atoms with van der Waals surface area (Å²) in [4.78, 5) is 18.1. The molecule has 0 atom stereocenters. The maximum Gasteiger partial charge on any atom is 0.235 e. The molecule has 0 aliphatic carbocycles. The second-order valence-electron chi connectivity index (χ2n) is 1.75. The van der Waals surface area contributed by atoms with Crippen LogP contribution in [0.15, 0.2) is 11.2 Å². The number of carbonyl (C=O) groups excluding carboxylic acids is 1. The molecule has 0 unspecified atom stereocenters. The number of hydrogen-bond acceptors (Lipinski definition) is 4. The minimum atomic E-state index is 0.412. The fraction of sp³-hybridized carbons (Fsp3) is 0.333. The largest absolute Gasteiger partial charge is 0.250 e. The third-order valence-corrected chi connectivity index (χ3v) is 1.87. The number of nitrogens with zero attached hydrogens (tertiary/aromatic N) is 2. The van der Waals surface area contributed by atoms with Crippen LogP contribution in [0.3, 0.4) is 0 Å². The van der Waals surface area contributed by atoms with Gasteiger partial charge in [0, 0.05) is 11.1 Å². The van der Waals surface area contributed by atoms with Crippen molar-refractivity contribution in [1.29, 1.82) is 0 Å². The fourth-order valence-electron chi connectivity index (χ4n) is 0.589. The van der Waals surface area contributed by atoms with Crippen LogP contribution < -0.4 is 0 Å². The molecular formula is C6H6N2OS. The van der Waals surface area contributed by atoms with Gasteiger partial charge in [-0.2, -0.15) is 0 Å². The molecule has 0 radical (unpaired) electrons. The molecule has 0 aliphatic rings. The van der Waals surface area contributed by atoms with E-state index in [4.69, 9.17) is 0 Å². The van der Waals surface area contributed by atoms with Crippen molar-refractivity contribution in [3.8, 4) is 0 Å². The summed E-state index contributed by atoms with van der Waals surface area (Å²) in [7, 11) is 0. The lowest BCUT2D eigenvalue weighted by molar-refractivity contribution is 0.563. The van der Waals surface area contributed by atoms with Crippen LogP contribution in [-0.2, 0) is 11.3 Å². The van der Waals surface area contributed by atoms with E-state index in [1.54, 1.807) is 17.5 Å². The van der Waals surface area contributed by atoms with Gasteiger partial charge in [-0.1, -0.05) is 0 Å². The molecular weight excluding hydrogens is 148 g/mol. The molecule has 1 aromatic rings. The summed E-state index contributed by atoms with van der Waals surface area (Å²) >= 11 is 1.54. The summed E-state index contributed by atoms with van der Waals surface area (Å²) in [6.07, 6.45) is 3.20. The molecule has 0 amide bonds. The van der Waals surface area contributed by atoms with Gasteiger partial charge in [0.2, 0.25) is 6.08 Å². The molecule has 0 saturated carbocycles. The Labute approximate surface area is 62.4 Å². The second kappa shape index (κ2) is 3.25. The predicted octanol–water partition coefficient (Wildman–Crippen LogP) is 1.29. The van der Waals surface area contributed by atoms with Crippen molar-refractivity contribution in [1.82, 2.24) is 4.98 Å². The molecule has 52 valence electrons. The van der Waals surface area contributed by atoms with Crippen molar-refractivity contribution >= 4 is 17.4 Å². The maximum absolute atomic E-state index is 9.68. The lowest BCUT2D eigenvalue weighted by atomic mass is 10.6. The Bertz CT molecular complexity index is 262. The molecule has 0 fully saturated rings. The minimum absolute atomic E-state index is 0.412. The zero-order valence-corrected chi connectivity index (χ0v) is 6.31. The second-order valence-corrected chi connectivity index (χ2v) is 3.07. The van der Waals surface area contributed by atoms with Gasteiger partial charge < -0.3 is 0 Å². The van der Waals surface area contributed by atoms with E-state index in [0.717, 1.165) is 9.88 Å². The van der Waals surface area contributed by atoms with Crippen LogP contribution in [0.1, 0.15) is 9.88 Å². The van der Waals surface area contributed by atoms with E-state index >= 15 is 0 Å². The van der Waals surface area contributed by atoms with Crippen molar-refractivity contribution in [3.05, 3.63) is 16.1 Å². The highest BCUT2D eigenvalue weighted by Gasteiger charge is 1.94. The highest BCUT2D eigenvalue weighted by atomic mass is 32.1. The first kappa shape index (κ1) is 7.12. The van der Waals surface area contributed by atoms with Crippen LogP contribution in [0.5, 0.6) is 0 Å². The van der Waals surface area contributed by atoms with Crippen LogP contribution in [0.2, 0.25) is 0 Å². The highest BCUT2D eigenvalue weighted by molar-refractivity contribution is 7.11. The monoisotopic (exact) mass is 154 g/mol. The van der Waals surface area contributed by atoms with Crippen molar-refractivity contribution in [2.75, 3.05) is 0 Å². The average Bonchev–Trinajstić information content (AvgIpc) is 2.31. The molecule has 0 N–H and O–H groups in total. The molecule has 1 heterocycles. The van der Waals surface area contributed by atoms with E-state index in [1.165, 1.54) is 6.08 Å². The fourth-order valence-corrected chi connectivity index (χ4v) is 1.31. The Morgan fingerprint density at radius 1 is 1.90 bits per heavy atom. The number of hydrogen-bond donors (Lipinski definition) is 0. The number of aliphatic imine (C=N–C) groups is 1. The zero-order valence-electron chi connectivity index (χ0n) is 5.50. The Morgan fingerprint density at radius 2 is 2.70 bits per heavy atom. The van der Waals surface area contributed by atoms with Crippen LogP contribution in [0.25, 0.3) is 0 Å². The minimum Gasteiger partial charge on any atom is -0.250 e. The van der Waals surface area contributed by atoms with Crippen molar-refractivity contribution < 1.29 is 4.79 Å². The topological polar surface area (TPSA) is 42.3 Å². The van der Waals surface area contributed by atoms with Gasteiger partial charge in [0.05, 0.1) is 11.6 Å². The molecule has 4 heteroatoms. The molecule has 0 aliphatic heterocycles. The molecule has 0 bridgehead atoms.